The van der Waals surface area contributed by atoms with Crippen LogP contribution in [0.15, 0.2) is 0 Å². The molecule has 0 heterocycles. The first-order valence-electron chi connectivity index (χ1n) is 8.93. The molecule has 2 rings (SSSR count). The zero-order valence-corrected chi connectivity index (χ0v) is 14.0. The van der Waals surface area contributed by atoms with E-state index in [1.807, 2.05) is 13.8 Å². The van der Waals surface area contributed by atoms with Gasteiger partial charge in [0.05, 0.1) is 18.4 Å². The Kier molecular flexibility index (Phi) is 6.71. The minimum absolute atomic E-state index is 0.0896. The number of ether oxygens (including phenoxy) is 2. The van der Waals surface area contributed by atoms with Crippen LogP contribution in [0.3, 0.4) is 0 Å². The Bertz CT molecular complexity index is 371. The molecule has 0 aromatic rings. The van der Waals surface area contributed by atoms with Crippen LogP contribution in [-0.2, 0) is 19.1 Å². The summed E-state index contributed by atoms with van der Waals surface area (Å²) in [7, 11) is 0. The predicted molar refractivity (Wildman–Crippen MR) is 84.2 cm³/mol. The molecule has 0 N–H and O–H groups in total. The topological polar surface area (TPSA) is 52.6 Å². The van der Waals surface area contributed by atoms with E-state index in [1.165, 1.54) is 6.42 Å². The Morgan fingerprint density at radius 3 is 2.18 bits per heavy atom. The van der Waals surface area contributed by atoms with Crippen LogP contribution >= 0.6 is 0 Å². The Morgan fingerprint density at radius 2 is 1.55 bits per heavy atom. The van der Waals surface area contributed by atoms with Crippen molar-refractivity contribution in [3.05, 3.63) is 0 Å². The van der Waals surface area contributed by atoms with Crippen molar-refractivity contribution in [1.29, 1.82) is 0 Å². The summed E-state index contributed by atoms with van der Waals surface area (Å²) in [4.78, 5) is 24.4. The summed E-state index contributed by atoms with van der Waals surface area (Å²) < 4.78 is 11.0. The first-order chi connectivity index (χ1) is 10.6. The SMILES string of the molecule is CC(C)COC(=O)C1CCCC(C(=O)OC2CCCCC2)C1. The number of esters is 2. The lowest BCUT2D eigenvalue weighted by atomic mass is 9.81. The molecule has 2 saturated carbocycles. The lowest BCUT2D eigenvalue weighted by Crippen LogP contribution is -2.32. The molecule has 0 aromatic heterocycles. The Morgan fingerprint density at radius 1 is 0.909 bits per heavy atom. The van der Waals surface area contributed by atoms with Crippen LogP contribution in [0.4, 0.5) is 0 Å². The lowest BCUT2D eigenvalue weighted by molar-refractivity contribution is -0.160. The minimum Gasteiger partial charge on any atom is -0.465 e. The molecule has 2 aliphatic carbocycles. The van der Waals surface area contributed by atoms with Crippen molar-refractivity contribution < 1.29 is 19.1 Å². The second-order valence-corrected chi connectivity index (χ2v) is 7.28. The average molecular weight is 310 g/mol. The standard InChI is InChI=1S/C18H30O4/c1-13(2)12-21-17(19)14-7-6-8-15(11-14)18(20)22-16-9-4-3-5-10-16/h13-16H,3-12H2,1-2H3. The smallest absolute Gasteiger partial charge is 0.309 e. The van der Waals surface area contributed by atoms with Crippen molar-refractivity contribution >= 4 is 11.9 Å². The predicted octanol–water partition coefficient (Wildman–Crippen LogP) is 3.87. The summed E-state index contributed by atoms with van der Waals surface area (Å²) in [5, 5.41) is 0. The van der Waals surface area contributed by atoms with Gasteiger partial charge in [0, 0.05) is 0 Å². The molecule has 0 spiro atoms. The van der Waals surface area contributed by atoms with E-state index in [0.29, 0.717) is 18.9 Å². The van der Waals surface area contributed by atoms with E-state index >= 15 is 0 Å². The van der Waals surface area contributed by atoms with Gasteiger partial charge in [-0.1, -0.05) is 26.7 Å². The molecule has 0 radical (unpaired) electrons. The molecule has 0 aromatic carbocycles. The Labute approximate surface area is 133 Å². The second kappa shape index (κ2) is 8.54. The quantitative estimate of drug-likeness (QED) is 0.723. The van der Waals surface area contributed by atoms with Crippen molar-refractivity contribution in [1.82, 2.24) is 0 Å². The maximum Gasteiger partial charge on any atom is 0.309 e. The van der Waals surface area contributed by atoms with E-state index in [1.54, 1.807) is 0 Å². The highest BCUT2D eigenvalue weighted by atomic mass is 16.5. The van der Waals surface area contributed by atoms with E-state index in [4.69, 9.17) is 9.47 Å². The van der Waals surface area contributed by atoms with Crippen LogP contribution < -0.4 is 0 Å². The largest absolute Gasteiger partial charge is 0.465 e. The molecular weight excluding hydrogens is 280 g/mol. The minimum atomic E-state index is -0.135. The summed E-state index contributed by atoms with van der Waals surface area (Å²) in [5.41, 5.74) is 0. The van der Waals surface area contributed by atoms with Gasteiger partial charge < -0.3 is 9.47 Å². The van der Waals surface area contributed by atoms with Crippen LogP contribution in [0.1, 0.15) is 71.6 Å². The van der Waals surface area contributed by atoms with Gasteiger partial charge in [0.2, 0.25) is 0 Å². The molecule has 4 nitrogen and oxygen atoms in total. The van der Waals surface area contributed by atoms with Gasteiger partial charge in [-0.05, 0) is 50.9 Å². The number of rotatable bonds is 5. The monoisotopic (exact) mass is 310 g/mol. The molecule has 2 atom stereocenters. The fourth-order valence-electron chi connectivity index (χ4n) is 3.43. The van der Waals surface area contributed by atoms with Crippen LogP contribution in [0, 0.1) is 17.8 Å². The third kappa shape index (κ3) is 5.29. The van der Waals surface area contributed by atoms with E-state index in [2.05, 4.69) is 0 Å². The fraction of sp³-hybridized carbons (Fsp3) is 0.889. The van der Waals surface area contributed by atoms with E-state index in [-0.39, 0.29) is 29.9 Å². The molecule has 2 fully saturated rings. The van der Waals surface area contributed by atoms with E-state index < -0.39 is 0 Å². The van der Waals surface area contributed by atoms with Crippen molar-refractivity contribution in [3.8, 4) is 0 Å². The van der Waals surface area contributed by atoms with Gasteiger partial charge in [-0.3, -0.25) is 9.59 Å². The van der Waals surface area contributed by atoms with Crippen molar-refractivity contribution in [2.24, 2.45) is 17.8 Å². The van der Waals surface area contributed by atoms with Gasteiger partial charge in [0.1, 0.15) is 6.10 Å². The van der Waals surface area contributed by atoms with E-state index in [9.17, 15) is 9.59 Å². The summed E-state index contributed by atoms with van der Waals surface area (Å²) in [6.07, 6.45) is 8.87. The highest BCUT2D eigenvalue weighted by Gasteiger charge is 2.34. The molecule has 0 amide bonds. The molecular formula is C18H30O4. The fourth-order valence-corrected chi connectivity index (χ4v) is 3.43. The maximum atomic E-state index is 12.3. The van der Waals surface area contributed by atoms with Gasteiger partial charge >= 0.3 is 11.9 Å². The Hall–Kier alpha value is -1.06. The van der Waals surface area contributed by atoms with Gasteiger partial charge in [0.15, 0.2) is 0 Å². The third-order valence-electron chi connectivity index (χ3n) is 4.73. The molecule has 4 heteroatoms. The number of carbonyl (C=O) groups is 2. The van der Waals surface area contributed by atoms with Gasteiger partial charge in [-0.2, -0.15) is 0 Å². The molecule has 0 bridgehead atoms. The van der Waals surface area contributed by atoms with Crippen LogP contribution in [-0.4, -0.2) is 24.6 Å². The lowest BCUT2D eigenvalue weighted by Gasteiger charge is -2.29. The highest BCUT2D eigenvalue weighted by Crippen LogP contribution is 2.32. The normalized spacial score (nSPS) is 26.7. The Balaban J connectivity index is 1.78. The molecule has 2 aliphatic rings. The number of hydrogen-bond donors (Lipinski definition) is 0. The zero-order valence-electron chi connectivity index (χ0n) is 14.0. The van der Waals surface area contributed by atoms with Crippen molar-refractivity contribution in [2.45, 2.75) is 77.7 Å². The first kappa shape index (κ1) is 17.3. The zero-order chi connectivity index (χ0) is 15.9. The average Bonchev–Trinajstić information content (AvgIpc) is 2.53. The van der Waals surface area contributed by atoms with Gasteiger partial charge in [0.25, 0.3) is 0 Å². The summed E-state index contributed by atoms with van der Waals surface area (Å²) in [6, 6.07) is 0. The molecule has 0 saturated heterocycles. The molecule has 22 heavy (non-hydrogen) atoms. The van der Waals surface area contributed by atoms with Gasteiger partial charge in [-0.15, -0.1) is 0 Å². The maximum absolute atomic E-state index is 12.3. The molecule has 0 aliphatic heterocycles. The van der Waals surface area contributed by atoms with Crippen molar-refractivity contribution in [3.63, 3.8) is 0 Å². The summed E-state index contributed by atoms with van der Waals surface area (Å²) >= 11 is 0. The van der Waals surface area contributed by atoms with Crippen LogP contribution in [0.2, 0.25) is 0 Å². The van der Waals surface area contributed by atoms with Crippen LogP contribution in [0.25, 0.3) is 0 Å². The number of hydrogen-bond acceptors (Lipinski definition) is 4. The van der Waals surface area contributed by atoms with Crippen molar-refractivity contribution in [2.75, 3.05) is 6.61 Å². The van der Waals surface area contributed by atoms with Crippen LogP contribution in [0.5, 0.6) is 0 Å². The van der Waals surface area contributed by atoms with Gasteiger partial charge in [-0.25, -0.2) is 0 Å². The first-order valence-corrected chi connectivity index (χ1v) is 8.93. The second-order valence-electron chi connectivity index (χ2n) is 7.28. The third-order valence-corrected chi connectivity index (χ3v) is 4.73. The van der Waals surface area contributed by atoms with E-state index in [0.717, 1.165) is 44.9 Å². The molecule has 2 unspecified atom stereocenters. The summed E-state index contributed by atoms with van der Waals surface area (Å²) in [6.45, 7) is 4.52. The summed E-state index contributed by atoms with van der Waals surface area (Å²) in [5.74, 6) is -0.125. The number of carbonyl (C=O) groups excluding carboxylic acids is 2. The highest BCUT2D eigenvalue weighted by molar-refractivity contribution is 5.76. The molecule has 126 valence electrons.